The first-order valence-electron chi connectivity index (χ1n) is 5.99. The number of hydrogen-bond donors (Lipinski definition) is 2. The van der Waals surface area contributed by atoms with Crippen LogP contribution in [0.1, 0.15) is 18.4 Å². The lowest BCUT2D eigenvalue weighted by molar-refractivity contribution is 0.127. The number of halogens is 1. The van der Waals surface area contributed by atoms with Gasteiger partial charge in [0.05, 0.1) is 0 Å². The minimum absolute atomic E-state index is 0.288. The van der Waals surface area contributed by atoms with Crippen LogP contribution in [0.3, 0.4) is 0 Å². The van der Waals surface area contributed by atoms with Crippen molar-refractivity contribution in [2.24, 2.45) is 5.92 Å². The molecule has 1 aromatic rings. The van der Waals surface area contributed by atoms with Crippen molar-refractivity contribution < 1.29 is 10.2 Å². The Kier molecular flexibility index (Phi) is 4.26. The van der Waals surface area contributed by atoms with Gasteiger partial charge in [-0.1, -0.05) is 11.6 Å². The number of phenols is 1. The van der Waals surface area contributed by atoms with Crippen molar-refractivity contribution in [3.63, 3.8) is 0 Å². The number of aliphatic hydroxyl groups is 1. The number of aliphatic hydroxyl groups excluding tert-OH is 1. The fourth-order valence-electron chi connectivity index (χ4n) is 2.25. The molecular formula is C13H18ClNO2. The average molecular weight is 256 g/mol. The van der Waals surface area contributed by atoms with E-state index in [9.17, 15) is 5.11 Å². The Morgan fingerprint density at radius 1 is 1.29 bits per heavy atom. The lowest BCUT2D eigenvalue weighted by Crippen LogP contribution is -2.34. The monoisotopic (exact) mass is 255 g/mol. The van der Waals surface area contributed by atoms with E-state index < -0.39 is 0 Å². The molecule has 0 unspecified atom stereocenters. The molecule has 0 amide bonds. The van der Waals surface area contributed by atoms with Crippen LogP contribution in [-0.4, -0.2) is 34.8 Å². The van der Waals surface area contributed by atoms with Gasteiger partial charge in [-0.25, -0.2) is 0 Å². The number of rotatable bonds is 3. The van der Waals surface area contributed by atoms with Gasteiger partial charge < -0.3 is 10.2 Å². The van der Waals surface area contributed by atoms with Gasteiger partial charge in [0, 0.05) is 23.7 Å². The van der Waals surface area contributed by atoms with Crippen LogP contribution in [0.5, 0.6) is 5.75 Å². The molecule has 4 heteroatoms. The van der Waals surface area contributed by atoms with Crippen LogP contribution in [0.15, 0.2) is 18.2 Å². The summed E-state index contributed by atoms with van der Waals surface area (Å²) in [4.78, 5) is 2.29. The number of aromatic hydroxyl groups is 1. The van der Waals surface area contributed by atoms with E-state index in [1.165, 1.54) is 0 Å². The highest BCUT2D eigenvalue weighted by Gasteiger charge is 2.19. The van der Waals surface area contributed by atoms with Crippen LogP contribution in [-0.2, 0) is 6.54 Å². The number of likely N-dealkylation sites (tertiary alicyclic amines) is 1. The molecule has 2 rings (SSSR count). The summed E-state index contributed by atoms with van der Waals surface area (Å²) in [5.41, 5.74) is 0.875. The number of benzene rings is 1. The van der Waals surface area contributed by atoms with E-state index in [1.54, 1.807) is 12.1 Å². The largest absolute Gasteiger partial charge is 0.508 e. The van der Waals surface area contributed by atoms with Crippen LogP contribution in [0.2, 0.25) is 5.02 Å². The standard InChI is InChI=1S/C13H18ClNO2/c14-12-1-2-13(17)11(7-12)8-15-5-3-10(9-16)4-6-15/h1-2,7,10,16-17H,3-6,8-9H2. The number of nitrogens with zero attached hydrogens (tertiary/aromatic N) is 1. The topological polar surface area (TPSA) is 43.7 Å². The summed E-state index contributed by atoms with van der Waals surface area (Å²) in [6.45, 7) is 2.95. The highest BCUT2D eigenvalue weighted by Crippen LogP contribution is 2.25. The smallest absolute Gasteiger partial charge is 0.120 e. The molecule has 1 heterocycles. The molecule has 1 aliphatic rings. The third-order valence-electron chi connectivity index (χ3n) is 3.40. The minimum Gasteiger partial charge on any atom is -0.508 e. The predicted molar refractivity (Wildman–Crippen MR) is 68.2 cm³/mol. The molecule has 1 saturated heterocycles. The third kappa shape index (κ3) is 3.35. The molecule has 17 heavy (non-hydrogen) atoms. The minimum atomic E-state index is 0.288. The summed E-state index contributed by atoms with van der Waals surface area (Å²) in [5, 5.41) is 19.5. The van der Waals surface area contributed by atoms with E-state index in [0.717, 1.165) is 38.0 Å². The van der Waals surface area contributed by atoms with Crippen LogP contribution >= 0.6 is 11.6 Å². The maximum Gasteiger partial charge on any atom is 0.120 e. The van der Waals surface area contributed by atoms with Gasteiger partial charge >= 0.3 is 0 Å². The molecule has 0 saturated carbocycles. The first-order valence-corrected chi connectivity index (χ1v) is 6.37. The van der Waals surface area contributed by atoms with Crippen molar-refractivity contribution >= 4 is 11.6 Å². The summed E-state index contributed by atoms with van der Waals surface area (Å²) in [7, 11) is 0. The second kappa shape index (κ2) is 5.71. The fraction of sp³-hybridized carbons (Fsp3) is 0.538. The van der Waals surface area contributed by atoms with Crippen molar-refractivity contribution in [1.82, 2.24) is 4.90 Å². The zero-order valence-corrected chi connectivity index (χ0v) is 10.5. The van der Waals surface area contributed by atoms with E-state index in [0.29, 0.717) is 16.7 Å². The Morgan fingerprint density at radius 3 is 2.65 bits per heavy atom. The third-order valence-corrected chi connectivity index (χ3v) is 3.64. The van der Waals surface area contributed by atoms with E-state index in [1.807, 2.05) is 6.07 Å². The van der Waals surface area contributed by atoms with E-state index >= 15 is 0 Å². The maximum atomic E-state index is 9.74. The number of piperidine rings is 1. The summed E-state index contributed by atoms with van der Waals surface area (Å²) >= 11 is 5.92. The van der Waals surface area contributed by atoms with Crippen LogP contribution in [0.25, 0.3) is 0 Å². The number of phenolic OH excluding ortho intramolecular Hbond substituents is 1. The average Bonchev–Trinajstić information content (AvgIpc) is 2.35. The Balaban J connectivity index is 1.95. The van der Waals surface area contributed by atoms with Crippen LogP contribution < -0.4 is 0 Å². The highest BCUT2D eigenvalue weighted by atomic mass is 35.5. The van der Waals surface area contributed by atoms with Crippen molar-refractivity contribution in [3.8, 4) is 5.75 Å². The Hall–Kier alpha value is -0.770. The molecule has 2 N–H and O–H groups in total. The van der Waals surface area contributed by atoms with E-state index in [-0.39, 0.29) is 6.61 Å². The highest BCUT2D eigenvalue weighted by molar-refractivity contribution is 6.30. The molecule has 1 aliphatic heterocycles. The van der Waals surface area contributed by atoms with Crippen LogP contribution in [0, 0.1) is 5.92 Å². The lowest BCUT2D eigenvalue weighted by atomic mass is 9.97. The van der Waals surface area contributed by atoms with Gasteiger partial charge in [0.15, 0.2) is 0 Å². The van der Waals surface area contributed by atoms with Gasteiger partial charge in [-0.15, -0.1) is 0 Å². The summed E-state index contributed by atoms with van der Waals surface area (Å²) in [6.07, 6.45) is 2.05. The molecule has 3 nitrogen and oxygen atoms in total. The molecule has 0 radical (unpaired) electrons. The quantitative estimate of drug-likeness (QED) is 0.871. The zero-order chi connectivity index (χ0) is 12.3. The predicted octanol–water partition coefficient (Wildman–Crippen LogP) is 2.25. The maximum absolute atomic E-state index is 9.74. The van der Waals surface area contributed by atoms with Gasteiger partial charge in [-0.2, -0.15) is 0 Å². The Labute approximate surface area is 107 Å². The van der Waals surface area contributed by atoms with Crippen molar-refractivity contribution in [2.75, 3.05) is 19.7 Å². The fourth-order valence-corrected chi connectivity index (χ4v) is 2.44. The summed E-state index contributed by atoms with van der Waals surface area (Å²) < 4.78 is 0. The summed E-state index contributed by atoms with van der Waals surface area (Å²) in [5.74, 6) is 0.748. The molecule has 0 atom stereocenters. The lowest BCUT2D eigenvalue weighted by Gasteiger charge is -2.31. The molecular weight excluding hydrogens is 238 g/mol. The van der Waals surface area contributed by atoms with Gasteiger partial charge in [-0.3, -0.25) is 4.90 Å². The SMILES string of the molecule is OCC1CCN(Cc2cc(Cl)ccc2O)CC1. The molecule has 94 valence electrons. The van der Waals surface area contributed by atoms with E-state index in [2.05, 4.69) is 4.90 Å². The molecule has 1 aromatic carbocycles. The number of hydrogen-bond acceptors (Lipinski definition) is 3. The summed E-state index contributed by atoms with van der Waals surface area (Å²) in [6, 6.07) is 5.14. The molecule has 1 fully saturated rings. The normalized spacial score (nSPS) is 18.5. The van der Waals surface area contributed by atoms with Crippen LogP contribution in [0.4, 0.5) is 0 Å². The van der Waals surface area contributed by atoms with Gasteiger partial charge in [0.25, 0.3) is 0 Å². The van der Waals surface area contributed by atoms with Crippen molar-refractivity contribution in [2.45, 2.75) is 19.4 Å². The first-order chi connectivity index (χ1) is 8.19. The second-order valence-corrected chi connectivity index (χ2v) is 5.11. The molecule has 0 bridgehead atoms. The van der Waals surface area contributed by atoms with Crippen molar-refractivity contribution in [1.29, 1.82) is 0 Å². The molecule has 0 aromatic heterocycles. The zero-order valence-electron chi connectivity index (χ0n) is 9.77. The Bertz CT molecular complexity index is 376. The molecule has 0 aliphatic carbocycles. The second-order valence-electron chi connectivity index (χ2n) is 4.68. The molecule has 0 spiro atoms. The van der Waals surface area contributed by atoms with Gasteiger partial charge in [0.2, 0.25) is 0 Å². The van der Waals surface area contributed by atoms with Gasteiger partial charge in [0.1, 0.15) is 5.75 Å². The first kappa shape index (κ1) is 12.7. The van der Waals surface area contributed by atoms with Crippen molar-refractivity contribution in [3.05, 3.63) is 28.8 Å². The van der Waals surface area contributed by atoms with Gasteiger partial charge in [-0.05, 0) is 50.0 Å². The Morgan fingerprint density at radius 2 is 2.00 bits per heavy atom. The van der Waals surface area contributed by atoms with E-state index in [4.69, 9.17) is 16.7 Å².